The van der Waals surface area contributed by atoms with Crippen LogP contribution in [0.3, 0.4) is 0 Å². The highest BCUT2D eigenvalue weighted by atomic mass is 32.2. The minimum absolute atomic E-state index is 0.0344. The highest BCUT2D eigenvalue weighted by Crippen LogP contribution is 2.31. The van der Waals surface area contributed by atoms with Gasteiger partial charge in [0.25, 0.3) is 0 Å². The van der Waals surface area contributed by atoms with Gasteiger partial charge in [0.15, 0.2) is 4.34 Å². The molecule has 1 aliphatic rings. The maximum atomic E-state index is 12.5. The topological polar surface area (TPSA) is 87.2 Å². The van der Waals surface area contributed by atoms with Crippen molar-refractivity contribution >= 4 is 51.4 Å². The Balaban J connectivity index is 1.65. The Labute approximate surface area is 147 Å². The summed E-state index contributed by atoms with van der Waals surface area (Å²) in [5.41, 5.74) is 1.38. The first-order valence-corrected chi connectivity index (χ1v) is 9.25. The third kappa shape index (κ3) is 3.85. The van der Waals surface area contributed by atoms with Gasteiger partial charge < -0.3 is 15.5 Å². The number of para-hydroxylation sites is 2. The molecule has 0 spiro atoms. The van der Waals surface area contributed by atoms with Gasteiger partial charge >= 0.3 is 0 Å². The van der Waals surface area contributed by atoms with Gasteiger partial charge in [-0.05, 0) is 26.0 Å². The number of amides is 2. The number of carbonyl (C=O) groups excluding carboxylic acids is 2. The van der Waals surface area contributed by atoms with Crippen LogP contribution < -0.4 is 15.5 Å². The summed E-state index contributed by atoms with van der Waals surface area (Å²) in [4.78, 5) is 25.8. The smallest absolute Gasteiger partial charge is 0.244 e. The summed E-state index contributed by atoms with van der Waals surface area (Å²) in [5, 5.41) is 14.8. The van der Waals surface area contributed by atoms with Crippen molar-refractivity contribution in [3.63, 3.8) is 0 Å². The zero-order valence-corrected chi connectivity index (χ0v) is 14.9. The van der Waals surface area contributed by atoms with Gasteiger partial charge in [-0.25, -0.2) is 0 Å². The van der Waals surface area contributed by atoms with Gasteiger partial charge in [-0.3, -0.25) is 9.59 Å². The minimum Gasteiger partial charge on any atom is -0.358 e. The normalized spacial score (nSPS) is 13.6. The zero-order chi connectivity index (χ0) is 17.1. The van der Waals surface area contributed by atoms with E-state index in [0.29, 0.717) is 5.69 Å². The average Bonchev–Trinajstić information content (AvgIpc) is 2.98. The monoisotopic (exact) mass is 363 g/mol. The lowest BCUT2D eigenvalue weighted by Gasteiger charge is -2.28. The van der Waals surface area contributed by atoms with Crippen LogP contribution in [0.1, 0.15) is 13.8 Å². The fraction of sp³-hybridized carbons (Fsp3) is 0.333. The van der Waals surface area contributed by atoms with Crippen LogP contribution in [-0.2, 0) is 9.59 Å². The predicted molar refractivity (Wildman–Crippen MR) is 96.8 cm³/mol. The Kier molecular flexibility index (Phi) is 5.00. The number of thioether (sulfide) groups is 1. The molecular weight excluding hydrogens is 346 g/mol. The Hall–Kier alpha value is -2.13. The number of fused-ring (bicyclic) bond motifs is 1. The molecule has 0 radical (unpaired) electrons. The first-order chi connectivity index (χ1) is 11.5. The molecule has 0 fully saturated rings. The molecule has 126 valence electrons. The first-order valence-electron chi connectivity index (χ1n) is 7.45. The Morgan fingerprint density at radius 2 is 2.21 bits per heavy atom. The van der Waals surface area contributed by atoms with Crippen molar-refractivity contribution in [1.29, 1.82) is 0 Å². The maximum Gasteiger partial charge on any atom is 0.244 e. The van der Waals surface area contributed by atoms with Crippen LogP contribution in [0.4, 0.5) is 16.5 Å². The van der Waals surface area contributed by atoms with Crippen molar-refractivity contribution in [1.82, 2.24) is 10.2 Å². The van der Waals surface area contributed by atoms with Crippen LogP contribution in [0.25, 0.3) is 0 Å². The van der Waals surface area contributed by atoms with Gasteiger partial charge in [-0.15, -0.1) is 10.2 Å². The van der Waals surface area contributed by atoms with E-state index in [-0.39, 0.29) is 30.2 Å². The van der Waals surface area contributed by atoms with Gasteiger partial charge in [0, 0.05) is 6.04 Å². The van der Waals surface area contributed by atoms with E-state index in [0.717, 1.165) is 15.2 Å². The summed E-state index contributed by atoms with van der Waals surface area (Å²) >= 11 is 2.74. The lowest BCUT2D eigenvalue weighted by molar-refractivity contribution is -0.120. The van der Waals surface area contributed by atoms with Crippen molar-refractivity contribution in [2.75, 3.05) is 27.8 Å². The molecule has 1 aromatic heterocycles. The minimum atomic E-state index is -0.189. The number of rotatable bonds is 5. The molecule has 24 heavy (non-hydrogen) atoms. The SMILES string of the molecule is CC(C)Nc1nnc(SCC(=O)N2CC(=O)Nc3ccccc32)s1. The summed E-state index contributed by atoms with van der Waals surface area (Å²) in [5.74, 6) is -0.111. The Morgan fingerprint density at radius 3 is 3.00 bits per heavy atom. The Bertz CT molecular complexity index is 762. The highest BCUT2D eigenvalue weighted by Gasteiger charge is 2.26. The summed E-state index contributed by atoms with van der Waals surface area (Å²) in [6.45, 7) is 4.08. The molecule has 3 rings (SSSR count). The number of aromatic nitrogens is 2. The molecule has 7 nitrogen and oxygen atoms in total. The van der Waals surface area contributed by atoms with E-state index in [9.17, 15) is 9.59 Å². The number of benzene rings is 1. The number of carbonyl (C=O) groups is 2. The van der Waals surface area contributed by atoms with Gasteiger partial charge in [-0.2, -0.15) is 0 Å². The largest absolute Gasteiger partial charge is 0.358 e. The fourth-order valence-electron chi connectivity index (χ4n) is 2.23. The van der Waals surface area contributed by atoms with Crippen LogP contribution in [0.15, 0.2) is 28.6 Å². The lowest BCUT2D eigenvalue weighted by Crippen LogP contribution is -2.43. The third-order valence-corrected chi connectivity index (χ3v) is 5.18. The number of anilines is 3. The quantitative estimate of drug-likeness (QED) is 0.794. The lowest BCUT2D eigenvalue weighted by atomic mass is 10.2. The average molecular weight is 363 g/mol. The van der Waals surface area contributed by atoms with Gasteiger partial charge in [0.2, 0.25) is 16.9 Å². The van der Waals surface area contributed by atoms with Crippen molar-refractivity contribution in [2.45, 2.75) is 24.2 Å². The van der Waals surface area contributed by atoms with Crippen LogP contribution in [0, 0.1) is 0 Å². The maximum absolute atomic E-state index is 12.5. The van der Waals surface area contributed by atoms with Crippen molar-refractivity contribution < 1.29 is 9.59 Å². The standard InChI is InChI=1S/C15H17N5O2S2/c1-9(2)16-14-18-19-15(24-14)23-8-13(22)20-7-12(21)17-10-5-3-4-6-11(10)20/h3-6,9H,7-8H2,1-2H3,(H,16,18)(H,17,21). The molecule has 1 aromatic carbocycles. The molecule has 2 aromatic rings. The number of hydrogen-bond acceptors (Lipinski definition) is 7. The van der Waals surface area contributed by atoms with Gasteiger partial charge in [-0.1, -0.05) is 35.2 Å². The fourth-order valence-corrected chi connectivity index (χ4v) is 4.00. The second kappa shape index (κ2) is 7.18. The summed E-state index contributed by atoms with van der Waals surface area (Å²) in [6, 6.07) is 7.56. The summed E-state index contributed by atoms with van der Waals surface area (Å²) < 4.78 is 0.723. The van der Waals surface area contributed by atoms with Crippen molar-refractivity contribution in [2.24, 2.45) is 0 Å². The molecule has 0 atom stereocenters. The molecule has 2 amide bonds. The van der Waals surface area contributed by atoms with Crippen LogP contribution in [-0.4, -0.2) is 40.4 Å². The molecule has 2 heterocycles. The summed E-state index contributed by atoms with van der Waals surface area (Å²) in [7, 11) is 0. The van der Waals surface area contributed by atoms with E-state index < -0.39 is 0 Å². The molecule has 9 heteroatoms. The molecule has 0 unspecified atom stereocenters. The van der Waals surface area contributed by atoms with Crippen LogP contribution in [0.2, 0.25) is 0 Å². The van der Waals surface area contributed by atoms with Crippen molar-refractivity contribution in [3.05, 3.63) is 24.3 Å². The van der Waals surface area contributed by atoms with Gasteiger partial charge in [0.05, 0.1) is 17.1 Å². The molecular formula is C15H17N5O2S2. The molecule has 2 N–H and O–H groups in total. The number of nitrogens with one attached hydrogen (secondary N) is 2. The molecule has 1 aliphatic heterocycles. The molecule has 0 aliphatic carbocycles. The molecule has 0 bridgehead atoms. The first kappa shape index (κ1) is 16.7. The van der Waals surface area contributed by atoms with Gasteiger partial charge in [0.1, 0.15) is 6.54 Å². The number of hydrogen-bond donors (Lipinski definition) is 2. The van der Waals surface area contributed by atoms with E-state index in [2.05, 4.69) is 20.8 Å². The van der Waals surface area contributed by atoms with Crippen LogP contribution >= 0.6 is 23.1 Å². The predicted octanol–water partition coefficient (Wildman–Crippen LogP) is 2.44. The van der Waals surface area contributed by atoms with Crippen LogP contribution in [0.5, 0.6) is 0 Å². The van der Waals surface area contributed by atoms with E-state index in [1.54, 1.807) is 6.07 Å². The molecule has 0 saturated carbocycles. The third-order valence-electron chi connectivity index (χ3n) is 3.21. The van der Waals surface area contributed by atoms with Crippen molar-refractivity contribution in [3.8, 4) is 0 Å². The second-order valence-corrected chi connectivity index (χ2v) is 7.71. The van der Waals surface area contributed by atoms with E-state index in [1.807, 2.05) is 32.0 Å². The van der Waals surface area contributed by atoms with E-state index >= 15 is 0 Å². The van der Waals surface area contributed by atoms with E-state index in [1.165, 1.54) is 28.0 Å². The summed E-state index contributed by atoms with van der Waals surface area (Å²) in [6.07, 6.45) is 0. The second-order valence-electron chi connectivity index (χ2n) is 5.51. The zero-order valence-electron chi connectivity index (χ0n) is 13.3. The number of nitrogens with zero attached hydrogens (tertiary/aromatic N) is 3. The Morgan fingerprint density at radius 1 is 1.42 bits per heavy atom. The highest BCUT2D eigenvalue weighted by molar-refractivity contribution is 8.01. The molecule has 0 saturated heterocycles. The van der Waals surface area contributed by atoms with E-state index in [4.69, 9.17) is 0 Å².